The number of hydrogen-bond donors (Lipinski definition) is 0. The van der Waals surface area contributed by atoms with E-state index in [0.717, 1.165) is 13.0 Å². The van der Waals surface area contributed by atoms with Crippen molar-refractivity contribution in [2.24, 2.45) is 17.8 Å². The Balaban J connectivity index is 1.57. The first-order valence-corrected chi connectivity index (χ1v) is 9.48. The molecule has 1 aromatic rings. The quantitative estimate of drug-likeness (QED) is 0.591. The van der Waals surface area contributed by atoms with Crippen LogP contribution in [0.4, 0.5) is 0 Å². The average Bonchev–Trinajstić information content (AvgIpc) is 3.35. The highest BCUT2D eigenvalue weighted by Gasteiger charge is 2.46. The number of rotatable bonds is 5. The number of hydrogen-bond acceptors (Lipinski definition) is 3. The third kappa shape index (κ3) is 3.83. The van der Waals surface area contributed by atoms with E-state index in [9.17, 15) is 4.79 Å². The minimum Gasteiger partial charge on any atom is -0.461 e. The van der Waals surface area contributed by atoms with Crippen molar-refractivity contribution in [3.05, 3.63) is 35.9 Å². The van der Waals surface area contributed by atoms with Gasteiger partial charge in [-0.05, 0) is 43.1 Å². The van der Waals surface area contributed by atoms with Gasteiger partial charge in [0.1, 0.15) is 12.1 Å². The lowest BCUT2D eigenvalue weighted by Gasteiger charge is -2.36. The lowest BCUT2D eigenvalue weighted by Crippen LogP contribution is -2.37. The van der Waals surface area contributed by atoms with Crippen molar-refractivity contribution < 1.29 is 9.53 Å². The zero-order chi connectivity index (χ0) is 17.3. The number of nitrogens with zero attached hydrogens (tertiary/aromatic N) is 1. The van der Waals surface area contributed by atoms with Crippen molar-refractivity contribution in [1.29, 1.82) is 0 Å². The van der Waals surface area contributed by atoms with Crippen LogP contribution in [-0.4, -0.2) is 29.6 Å². The molecular formula is C21H31NO2. The van der Waals surface area contributed by atoms with Gasteiger partial charge in [0.15, 0.2) is 0 Å². The highest BCUT2D eigenvalue weighted by molar-refractivity contribution is 5.79. The second-order valence-corrected chi connectivity index (χ2v) is 8.10. The largest absolute Gasteiger partial charge is 0.461 e. The van der Waals surface area contributed by atoms with Crippen molar-refractivity contribution in [3.8, 4) is 0 Å². The number of carbonyl (C=O) groups is 1. The van der Waals surface area contributed by atoms with Crippen LogP contribution >= 0.6 is 0 Å². The molecule has 1 aliphatic heterocycles. The average molecular weight is 329 g/mol. The van der Waals surface area contributed by atoms with Crippen LogP contribution < -0.4 is 0 Å². The second-order valence-electron chi connectivity index (χ2n) is 8.10. The first-order chi connectivity index (χ1) is 11.5. The fourth-order valence-electron chi connectivity index (χ4n) is 4.19. The third-order valence-corrected chi connectivity index (χ3v) is 5.93. The van der Waals surface area contributed by atoms with E-state index in [1.54, 1.807) is 0 Å². The lowest BCUT2D eigenvalue weighted by molar-refractivity contribution is -0.156. The molecule has 0 N–H and O–H groups in total. The molecule has 0 spiro atoms. The summed E-state index contributed by atoms with van der Waals surface area (Å²) in [7, 11) is 0. The van der Waals surface area contributed by atoms with Crippen LogP contribution in [0.1, 0.15) is 58.6 Å². The van der Waals surface area contributed by atoms with Gasteiger partial charge in [-0.1, -0.05) is 57.5 Å². The van der Waals surface area contributed by atoms with E-state index in [2.05, 4.69) is 56.9 Å². The van der Waals surface area contributed by atoms with E-state index in [0.29, 0.717) is 17.8 Å². The topological polar surface area (TPSA) is 29.3 Å². The van der Waals surface area contributed by atoms with Gasteiger partial charge in [-0.15, -0.1) is 0 Å². The molecule has 0 aromatic heterocycles. The number of benzene rings is 1. The van der Waals surface area contributed by atoms with Crippen LogP contribution in [0, 0.1) is 17.8 Å². The molecule has 1 saturated carbocycles. The summed E-state index contributed by atoms with van der Waals surface area (Å²) in [6, 6.07) is 10.6. The first kappa shape index (κ1) is 17.5. The molecule has 132 valence electrons. The smallest absolute Gasteiger partial charge is 0.325 e. The Labute approximate surface area is 146 Å². The fourth-order valence-corrected chi connectivity index (χ4v) is 4.19. The van der Waals surface area contributed by atoms with Gasteiger partial charge in [-0.3, -0.25) is 9.69 Å². The summed E-state index contributed by atoms with van der Waals surface area (Å²) < 4.78 is 6.00. The minimum absolute atomic E-state index is 0.0115. The van der Waals surface area contributed by atoms with Crippen molar-refractivity contribution in [2.45, 2.75) is 65.1 Å². The predicted molar refractivity (Wildman–Crippen MR) is 96.6 cm³/mol. The van der Waals surface area contributed by atoms with E-state index < -0.39 is 0 Å². The third-order valence-electron chi connectivity index (χ3n) is 5.93. The van der Waals surface area contributed by atoms with E-state index in [4.69, 9.17) is 4.74 Å². The van der Waals surface area contributed by atoms with E-state index >= 15 is 0 Å². The molecular weight excluding hydrogens is 298 g/mol. The Morgan fingerprint density at radius 2 is 1.88 bits per heavy atom. The lowest BCUT2D eigenvalue weighted by atomic mass is 9.75. The van der Waals surface area contributed by atoms with E-state index in [1.807, 2.05) is 6.07 Å². The molecule has 24 heavy (non-hydrogen) atoms. The summed E-state index contributed by atoms with van der Waals surface area (Å²) in [6.07, 6.45) is 3.58. The normalized spacial score (nSPS) is 34.0. The Morgan fingerprint density at radius 3 is 2.54 bits per heavy atom. The molecule has 2 unspecified atom stereocenters. The van der Waals surface area contributed by atoms with Gasteiger partial charge in [-0.25, -0.2) is 0 Å². The Hall–Kier alpha value is -1.35. The molecule has 6 atom stereocenters. The molecule has 0 radical (unpaired) electrons. The van der Waals surface area contributed by atoms with E-state index in [1.165, 1.54) is 18.4 Å². The molecule has 1 aliphatic carbocycles. The van der Waals surface area contributed by atoms with Gasteiger partial charge in [-0.2, -0.15) is 0 Å². The molecule has 3 nitrogen and oxygen atoms in total. The zero-order valence-electron chi connectivity index (χ0n) is 15.4. The molecule has 0 bridgehead atoms. The van der Waals surface area contributed by atoms with Gasteiger partial charge in [0.25, 0.3) is 0 Å². The number of ether oxygens (including phenoxy) is 1. The molecule has 0 amide bonds. The molecule has 3 rings (SSSR count). The van der Waals surface area contributed by atoms with Crippen LogP contribution in [0.3, 0.4) is 0 Å². The van der Waals surface area contributed by atoms with Crippen LogP contribution in [-0.2, 0) is 9.53 Å². The highest BCUT2D eigenvalue weighted by Crippen LogP contribution is 2.37. The Bertz CT molecular complexity index is 556. The standard InChI is InChI=1S/C21H31NO2/c1-14(2)18-11-10-15(3)12-20(18)24-21(23)19-13-22(19)16(4)17-8-6-5-7-9-17/h5-9,14-16,18-20H,10-13H2,1-4H3/t15-,16-,18+,19-,20?,22?/m1/s1. The predicted octanol–water partition coefficient (Wildman–Crippen LogP) is 4.44. The highest BCUT2D eigenvalue weighted by atomic mass is 16.5. The summed E-state index contributed by atoms with van der Waals surface area (Å²) in [4.78, 5) is 14.9. The molecule has 1 aromatic carbocycles. The summed E-state index contributed by atoms with van der Waals surface area (Å²) >= 11 is 0. The number of carbonyl (C=O) groups excluding carboxylic acids is 1. The van der Waals surface area contributed by atoms with Crippen molar-refractivity contribution in [1.82, 2.24) is 4.90 Å². The monoisotopic (exact) mass is 329 g/mol. The van der Waals surface area contributed by atoms with Crippen molar-refractivity contribution in [3.63, 3.8) is 0 Å². The van der Waals surface area contributed by atoms with Crippen LogP contribution in [0.5, 0.6) is 0 Å². The van der Waals surface area contributed by atoms with Crippen molar-refractivity contribution in [2.75, 3.05) is 6.54 Å². The minimum atomic E-state index is -0.0507. The maximum Gasteiger partial charge on any atom is 0.325 e. The van der Waals surface area contributed by atoms with Gasteiger partial charge in [0.05, 0.1) is 0 Å². The Morgan fingerprint density at radius 1 is 1.17 bits per heavy atom. The maximum atomic E-state index is 12.6. The molecule has 2 aliphatic rings. The molecule has 3 heteroatoms. The molecule has 2 fully saturated rings. The number of esters is 1. The van der Waals surface area contributed by atoms with Crippen LogP contribution in [0.25, 0.3) is 0 Å². The Kier molecular flexibility index (Phi) is 5.29. The summed E-state index contributed by atoms with van der Waals surface area (Å²) in [5.41, 5.74) is 1.26. The van der Waals surface area contributed by atoms with Gasteiger partial charge in [0.2, 0.25) is 0 Å². The first-order valence-electron chi connectivity index (χ1n) is 9.48. The fraction of sp³-hybridized carbons (Fsp3) is 0.667. The second kappa shape index (κ2) is 7.26. The summed E-state index contributed by atoms with van der Waals surface area (Å²) in [5.74, 6) is 1.75. The summed E-state index contributed by atoms with van der Waals surface area (Å²) in [6.45, 7) is 9.77. The molecule has 1 saturated heterocycles. The zero-order valence-corrected chi connectivity index (χ0v) is 15.4. The summed E-state index contributed by atoms with van der Waals surface area (Å²) in [5, 5.41) is 0. The SMILES string of the molecule is CC(C)[C@@H]1CC[C@@H](C)CC1OC(=O)[C@H]1CN1[C@H](C)c1ccccc1. The van der Waals surface area contributed by atoms with Gasteiger partial charge < -0.3 is 4.74 Å². The van der Waals surface area contributed by atoms with Crippen LogP contribution in [0.2, 0.25) is 0 Å². The van der Waals surface area contributed by atoms with Crippen LogP contribution in [0.15, 0.2) is 30.3 Å². The molecule has 1 heterocycles. The van der Waals surface area contributed by atoms with Crippen molar-refractivity contribution >= 4 is 5.97 Å². The van der Waals surface area contributed by atoms with Gasteiger partial charge in [0, 0.05) is 12.6 Å². The van der Waals surface area contributed by atoms with Gasteiger partial charge >= 0.3 is 5.97 Å². The van der Waals surface area contributed by atoms with E-state index in [-0.39, 0.29) is 24.2 Å². The maximum absolute atomic E-state index is 12.6.